The number of nitrogens with zero attached hydrogens (tertiary/aromatic N) is 2. The van der Waals surface area contributed by atoms with Gasteiger partial charge >= 0.3 is 0 Å². The molecule has 0 N–H and O–H groups in total. The molecule has 0 radical (unpaired) electrons. The highest BCUT2D eigenvalue weighted by Gasteiger charge is 1.85. The molecule has 0 aliphatic heterocycles. The average Bonchev–Trinajstić information content (AvgIpc) is 1.88. The van der Waals surface area contributed by atoms with Crippen molar-refractivity contribution in [3.8, 4) is 0 Å². The van der Waals surface area contributed by atoms with Crippen LogP contribution in [0, 0.1) is 0 Å². The van der Waals surface area contributed by atoms with Crippen LogP contribution in [0.15, 0.2) is 15.8 Å². The average molecular weight is 124 g/mol. The molecular formula is C4N2O3. The smallest absolute Gasteiger partial charge is 0.229 e. The summed E-state index contributed by atoms with van der Waals surface area (Å²) in [6.45, 7) is 0. The number of isocyanates is 2. The lowest BCUT2D eigenvalue weighted by molar-refractivity contribution is 0.558. The van der Waals surface area contributed by atoms with Crippen LogP contribution in [0.1, 0.15) is 0 Å². The number of hydrogen-bond acceptors (Lipinski definition) is 5. The van der Waals surface area contributed by atoms with Gasteiger partial charge in [-0.3, -0.25) is 0 Å². The summed E-state index contributed by atoms with van der Waals surface area (Å²) >= 11 is 0. The van der Waals surface area contributed by atoms with E-state index in [1.165, 1.54) is 0 Å². The highest BCUT2D eigenvalue weighted by molar-refractivity contribution is 5.57. The number of hydrogen-bond donors (Lipinski definition) is 0. The van der Waals surface area contributed by atoms with Crippen LogP contribution in [0.3, 0.4) is 0 Å². The third-order valence-electron chi connectivity index (χ3n) is 0.394. The largest absolute Gasteiger partial charge is 0.260 e. The Balaban J connectivity index is 4.57. The fourth-order valence-corrected chi connectivity index (χ4v) is 0.157. The molecule has 0 spiro atoms. The van der Waals surface area contributed by atoms with Gasteiger partial charge in [0.1, 0.15) is 0 Å². The summed E-state index contributed by atoms with van der Waals surface area (Å²) in [5.74, 6) is 0.459. The summed E-state index contributed by atoms with van der Waals surface area (Å²) in [5, 5.41) is 0. The topological polar surface area (TPSA) is 75.9 Å². The van der Waals surface area contributed by atoms with E-state index in [4.69, 9.17) is 0 Å². The molecule has 5 nitrogen and oxygen atoms in total. The Hall–Kier alpha value is -1.79. The van der Waals surface area contributed by atoms with E-state index in [0.29, 0.717) is 0 Å². The van der Waals surface area contributed by atoms with Crippen LogP contribution in [-0.2, 0) is 14.4 Å². The summed E-state index contributed by atoms with van der Waals surface area (Å²) in [6.07, 6.45) is 2.01. The zero-order valence-corrected chi connectivity index (χ0v) is 4.12. The van der Waals surface area contributed by atoms with E-state index in [-0.39, 0.29) is 0 Å². The van der Waals surface area contributed by atoms with Gasteiger partial charge in [-0.05, 0) is 0 Å². The molecule has 0 heterocycles. The first kappa shape index (κ1) is 7.21. The van der Waals surface area contributed by atoms with Crippen molar-refractivity contribution in [1.29, 1.82) is 0 Å². The third-order valence-corrected chi connectivity index (χ3v) is 0.394. The molecule has 9 heavy (non-hydrogen) atoms. The SMILES string of the molecule is O=C=NC(=C=O)N=C=O. The van der Waals surface area contributed by atoms with Crippen molar-refractivity contribution < 1.29 is 14.4 Å². The van der Waals surface area contributed by atoms with Gasteiger partial charge in [0.2, 0.25) is 12.2 Å². The van der Waals surface area contributed by atoms with Crippen molar-refractivity contribution in [3.63, 3.8) is 0 Å². The van der Waals surface area contributed by atoms with Crippen molar-refractivity contribution in [3.05, 3.63) is 5.82 Å². The molecule has 0 rings (SSSR count). The van der Waals surface area contributed by atoms with E-state index in [1.54, 1.807) is 0 Å². The molecule has 0 fully saturated rings. The van der Waals surface area contributed by atoms with Crippen molar-refractivity contribution in [1.82, 2.24) is 0 Å². The molecule has 0 saturated heterocycles. The first-order valence-electron chi connectivity index (χ1n) is 1.76. The monoisotopic (exact) mass is 124 g/mol. The van der Waals surface area contributed by atoms with Crippen LogP contribution < -0.4 is 0 Å². The Labute approximate surface area is 49.4 Å². The Morgan fingerprint density at radius 3 is 1.67 bits per heavy atom. The molecule has 0 bridgehead atoms. The van der Waals surface area contributed by atoms with Gasteiger partial charge in [-0.1, -0.05) is 0 Å². The van der Waals surface area contributed by atoms with Gasteiger partial charge in [0, 0.05) is 0 Å². The fourth-order valence-electron chi connectivity index (χ4n) is 0.157. The van der Waals surface area contributed by atoms with Crippen molar-refractivity contribution in [2.24, 2.45) is 9.98 Å². The van der Waals surface area contributed by atoms with Crippen LogP contribution in [0.4, 0.5) is 0 Å². The zero-order valence-electron chi connectivity index (χ0n) is 4.12. The lowest BCUT2D eigenvalue weighted by atomic mass is 10.8. The first-order valence-corrected chi connectivity index (χ1v) is 1.76. The molecule has 0 aromatic carbocycles. The Kier molecular flexibility index (Phi) is 3.50. The number of aliphatic imine (C=N–C) groups is 2. The van der Waals surface area contributed by atoms with Gasteiger partial charge in [0.25, 0.3) is 5.82 Å². The summed E-state index contributed by atoms with van der Waals surface area (Å²) in [6, 6.07) is 0. The van der Waals surface area contributed by atoms with Crippen molar-refractivity contribution in [2.75, 3.05) is 0 Å². The molecule has 0 saturated carbocycles. The first-order chi connectivity index (χ1) is 4.35. The molecule has 5 heteroatoms. The van der Waals surface area contributed by atoms with Gasteiger partial charge in [0.05, 0.1) is 0 Å². The minimum Gasteiger partial charge on any atom is -0.229 e. The summed E-state index contributed by atoms with van der Waals surface area (Å²) in [7, 11) is 0. The minimum absolute atomic E-state index is 0.653. The van der Waals surface area contributed by atoms with Crippen LogP contribution in [0.5, 0.6) is 0 Å². The van der Waals surface area contributed by atoms with Crippen LogP contribution >= 0.6 is 0 Å². The molecule has 0 aliphatic carbocycles. The van der Waals surface area contributed by atoms with Crippen LogP contribution in [0.2, 0.25) is 0 Å². The second-order valence-corrected chi connectivity index (χ2v) is 0.832. The third kappa shape index (κ3) is 2.85. The molecule has 0 aromatic rings. The Morgan fingerprint density at radius 2 is 1.44 bits per heavy atom. The van der Waals surface area contributed by atoms with Gasteiger partial charge in [0.15, 0.2) is 5.94 Å². The lowest BCUT2D eigenvalue weighted by Gasteiger charge is -1.68. The van der Waals surface area contributed by atoms with E-state index in [0.717, 1.165) is 18.1 Å². The lowest BCUT2D eigenvalue weighted by Crippen LogP contribution is -1.70. The number of rotatable bonds is 2. The van der Waals surface area contributed by atoms with E-state index < -0.39 is 5.82 Å². The standard InChI is InChI=1S/C4N2O3/c7-1-4(5-2-8)6-3-9. The number of carbonyl (C=O) groups excluding carboxylic acids is 3. The maximum atomic E-state index is 9.58. The van der Waals surface area contributed by atoms with Crippen LogP contribution in [0.25, 0.3) is 0 Å². The maximum Gasteiger partial charge on any atom is 0.260 e. The van der Waals surface area contributed by atoms with Gasteiger partial charge in [-0.2, -0.15) is 0 Å². The van der Waals surface area contributed by atoms with E-state index in [2.05, 4.69) is 9.98 Å². The summed E-state index contributed by atoms with van der Waals surface area (Å²) in [4.78, 5) is 33.7. The predicted molar refractivity (Wildman–Crippen MR) is 25.4 cm³/mol. The highest BCUT2D eigenvalue weighted by atomic mass is 16.1. The quantitative estimate of drug-likeness (QED) is 0.278. The molecule has 0 aromatic heterocycles. The van der Waals surface area contributed by atoms with E-state index >= 15 is 0 Å². The highest BCUT2D eigenvalue weighted by Crippen LogP contribution is 1.85. The van der Waals surface area contributed by atoms with Crippen LogP contribution in [-0.4, -0.2) is 18.1 Å². The fraction of sp³-hybridized carbons (Fsp3) is 0. The Morgan fingerprint density at radius 1 is 1.00 bits per heavy atom. The summed E-state index contributed by atoms with van der Waals surface area (Å²) in [5.41, 5.74) is 0. The Bertz CT molecular complexity index is 219. The summed E-state index contributed by atoms with van der Waals surface area (Å²) < 4.78 is 0. The predicted octanol–water partition coefficient (Wildman–Crippen LogP) is -0.669. The van der Waals surface area contributed by atoms with Gasteiger partial charge in [-0.25, -0.2) is 14.4 Å². The molecule has 0 atom stereocenters. The second kappa shape index (κ2) is 4.37. The van der Waals surface area contributed by atoms with E-state index in [1.807, 2.05) is 0 Å². The molecule has 0 amide bonds. The van der Waals surface area contributed by atoms with Crippen molar-refractivity contribution >= 4 is 18.1 Å². The van der Waals surface area contributed by atoms with Crippen molar-refractivity contribution in [2.45, 2.75) is 0 Å². The molecule has 44 valence electrons. The normalized spacial score (nSPS) is 5.78. The zero-order chi connectivity index (χ0) is 7.11. The second-order valence-electron chi connectivity index (χ2n) is 0.832. The van der Waals surface area contributed by atoms with Gasteiger partial charge < -0.3 is 0 Å². The molecule has 0 aliphatic rings. The maximum absolute atomic E-state index is 9.58. The van der Waals surface area contributed by atoms with E-state index in [9.17, 15) is 14.4 Å². The minimum atomic E-state index is -0.653. The molecular weight excluding hydrogens is 124 g/mol. The van der Waals surface area contributed by atoms with Gasteiger partial charge in [-0.15, -0.1) is 9.98 Å². The molecule has 0 unspecified atom stereocenters.